The van der Waals surface area contributed by atoms with Crippen LogP contribution in [0.25, 0.3) is 0 Å². The number of nitrogens with zero attached hydrogens (tertiary/aromatic N) is 4. The molecule has 2 aliphatic heterocycles. The van der Waals surface area contributed by atoms with Crippen molar-refractivity contribution in [3.63, 3.8) is 0 Å². The van der Waals surface area contributed by atoms with Crippen molar-refractivity contribution in [2.24, 2.45) is 0 Å². The quantitative estimate of drug-likeness (QED) is 0.584. The summed E-state index contributed by atoms with van der Waals surface area (Å²) < 4.78 is 40.8. The number of hydrogen-bond acceptors (Lipinski definition) is 6. The van der Waals surface area contributed by atoms with Gasteiger partial charge < -0.3 is 20.6 Å². The normalized spacial score (nSPS) is 19.4. The molecule has 0 saturated carbocycles. The summed E-state index contributed by atoms with van der Waals surface area (Å²) in [5.74, 6) is -1.21. The van der Waals surface area contributed by atoms with E-state index in [9.17, 15) is 22.8 Å². The minimum Gasteiger partial charge on any atom is -0.476 e. The number of anilines is 1. The molecule has 3 N–H and O–H groups in total. The van der Waals surface area contributed by atoms with Gasteiger partial charge in [-0.2, -0.15) is 23.0 Å². The number of alkyl halides is 3. The van der Waals surface area contributed by atoms with Gasteiger partial charge in [0.05, 0.1) is 5.56 Å². The highest BCUT2D eigenvalue weighted by Gasteiger charge is 2.31. The second kappa shape index (κ2) is 10.0. The molecule has 4 rings (SSSR count). The molecule has 34 heavy (non-hydrogen) atoms. The van der Waals surface area contributed by atoms with E-state index >= 15 is 0 Å². The fourth-order valence-electron chi connectivity index (χ4n) is 4.25. The van der Waals surface area contributed by atoms with Gasteiger partial charge in [-0.25, -0.2) is 9.59 Å². The third-order valence-corrected chi connectivity index (χ3v) is 6.18. The van der Waals surface area contributed by atoms with E-state index in [-0.39, 0.29) is 11.7 Å². The van der Waals surface area contributed by atoms with E-state index in [0.717, 1.165) is 35.7 Å². The maximum Gasteiger partial charge on any atom is 0.416 e. The molecule has 2 fully saturated rings. The van der Waals surface area contributed by atoms with E-state index in [4.69, 9.17) is 5.11 Å². The molecule has 0 bridgehead atoms. The van der Waals surface area contributed by atoms with Gasteiger partial charge >= 0.3 is 18.2 Å². The lowest BCUT2D eigenvalue weighted by atomic mass is 10.1. The van der Waals surface area contributed by atoms with Crippen molar-refractivity contribution in [3.05, 3.63) is 47.3 Å². The van der Waals surface area contributed by atoms with Crippen LogP contribution in [0.1, 0.15) is 34.5 Å². The highest BCUT2D eigenvalue weighted by atomic mass is 19.4. The molecule has 1 atom stereocenters. The number of nitrogens with one attached hydrogen (secondary N) is 2. The minimum absolute atomic E-state index is 0.206. The SMILES string of the molecule is O=C(O)c1ccn(C(=O)N2CCN(Cc3ccc(C(F)(F)F)cc3NCC3CCCN3)CC2)n1. The van der Waals surface area contributed by atoms with Gasteiger partial charge in [-0.1, -0.05) is 6.07 Å². The van der Waals surface area contributed by atoms with E-state index in [2.05, 4.69) is 20.6 Å². The fourth-order valence-corrected chi connectivity index (χ4v) is 4.25. The largest absolute Gasteiger partial charge is 0.476 e. The molecule has 12 heteroatoms. The number of carbonyl (C=O) groups is 2. The van der Waals surface area contributed by atoms with Crippen LogP contribution >= 0.6 is 0 Å². The van der Waals surface area contributed by atoms with Gasteiger partial charge in [0.15, 0.2) is 5.69 Å². The zero-order valence-electron chi connectivity index (χ0n) is 18.5. The first-order chi connectivity index (χ1) is 16.2. The van der Waals surface area contributed by atoms with Crippen LogP contribution in [0.4, 0.5) is 23.7 Å². The molecular formula is C22H27F3N6O3. The van der Waals surface area contributed by atoms with Gasteiger partial charge in [0.2, 0.25) is 0 Å². The molecule has 2 aliphatic rings. The Morgan fingerprint density at radius 3 is 2.56 bits per heavy atom. The minimum atomic E-state index is -4.42. The zero-order valence-corrected chi connectivity index (χ0v) is 18.5. The van der Waals surface area contributed by atoms with Crippen molar-refractivity contribution in [2.75, 3.05) is 44.6 Å². The number of piperazine rings is 1. The first-order valence-electron chi connectivity index (χ1n) is 11.2. The zero-order chi connectivity index (χ0) is 24.3. The third-order valence-electron chi connectivity index (χ3n) is 6.18. The summed E-state index contributed by atoms with van der Waals surface area (Å²) in [6.07, 6.45) is -1.06. The lowest BCUT2D eigenvalue weighted by Crippen LogP contribution is -2.49. The average molecular weight is 480 g/mol. The van der Waals surface area contributed by atoms with Gasteiger partial charge in [-0.15, -0.1) is 0 Å². The topological polar surface area (TPSA) is 103 Å². The predicted octanol–water partition coefficient (Wildman–Crippen LogP) is 2.55. The Labute approximate surface area is 194 Å². The van der Waals surface area contributed by atoms with E-state index in [1.165, 1.54) is 24.4 Å². The summed E-state index contributed by atoms with van der Waals surface area (Å²) in [6.45, 7) is 3.78. The lowest BCUT2D eigenvalue weighted by Gasteiger charge is -2.34. The van der Waals surface area contributed by atoms with Crippen LogP contribution in [-0.4, -0.2) is 82.0 Å². The number of hydrogen-bond donors (Lipinski definition) is 3. The standard InChI is InChI=1S/C22H27F3N6O3/c23-22(24,25)16-4-3-15(19(12-16)27-13-17-2-1-6-26-17)14-29-8-10-30(11-9-29)21(34)31-7-5-18(28-31)20(32)33/h3-5,7,12,17,26-27H,1-2,6,8-11,13-14H2,(H,32,33). The van der Waals surface area contributed by atoms with Crippen molar-refractivity contribution in [2.45, 2.75) is 31.6 Å². The number of carbonyl (C=O) groups excluding carboxylic acids is 1. The Balaban J connectivity index is 1.39. The van der Waals surface area contributed by atoms with Crippen LogP contribution in [0.5, 0.6) is 0 Å². The van der Waals surface area contributed by atoms with Gasteiger partial charge in [0.1, 0.15) is 0 Å². The Morgan fingerprint density at radius 2 is 1.94 bits per heavy atom. The lowest BCUT2D eigenvalue weighted by molar-refractivity contribution is -0.137. The molecule has 184 valence electrons. The highest BCUT2D eigenvalue weighted by molar-refractivity contribution is 5.86. The monoisotopic (exact) mass is 480 g/mol. The number of amides is 1. The summed E-state index contributed by atoms with van der Waals surface area (Å²) in [4.78, 5) is 27.2. The van der Waals surface area contributed by atoms with Gasteiger partial charge in [-0.05, 0) is 43.1 Å². The molecule has 1 unspecified atom stereocenters. The van der Waals surface area contributed by atoms with Gasteiger partial charge in [0, 0.05) is 57.2 Å². The maximum absolute atomic E-state index is 13.3. The molecule has 2 aromatic rings. The van der Waals surface area contributed by atoms with Crippen molar-refractivity contribution in [3.8, 4) is 0 Å². The Bertz CT molecular complexity index is 1030. The molecule has 2 saturated heterocycles. The molecule has 9 nitrogen and oxygen atoms in total. The van der Waals surface area contributed by atoms with Crippen molar-refractivity contribution in [1.82, 2.24) is 24.9 Å². The molecule has 1 amide bonds. The summed E-state index contributed by atoms with van der Waals surface area (Å²) >= 11 is 0. The van der Waals surface area contributed by atoms with Crippen LogP contribution < -0.4 is 10.6 Å². The molecule has 1 aromatic heterocycles. The Hall–Kier alpha value is -3.12. The fraction of sp³-hybridized carbons (Fsp3) is 0.500. The molecular weight excluding hydrogens is 453 g/mol. The van der Waals surface area contributed by atoms with Crippen LogP contribution in [0.15, 0.2) is 30.5 Å². The number of carboxylic acids is 1. The number of aromatic carboxylic acids is 1. The summed E-state index contributed by atoms with van der Waals surface area (Å²) in [5, 5.41) is 19.3. The Morgan fingerprint density at radius 1 is 1.18 bits per heavy atom. The second-order valence-electron chi connectivity index (χ2n) is 8.54. The predicted molar refractivity (Wildman–Crippen MR) is 118 cm³/mol. The maximum atomic E-state index is 13.3. The third kappa shape index (κ3) is 5.68. The number of carboxylic acid groups (broad SMARTS) is 1. The summed E-state index contributed by atoms with van der Waals surface area (Å²) in [5.41, 5.74) is 0.347. The van der Waals surface area contributed by atoms with Gasteiger partial charge in [-0.3, -0.25) is 4.90 Å². The van der Waals surface area contributed by atoms with Crippen LogP contribution in [0, 0.1) is 0 Å². The Kier molecular flexibility index (Phi) is 7.08. The number of benzene rings is 1. The van der Waals surface area contributed by atoms with E-state index in [1.807, 2.05) is 0 Å². The summed E-state index contributed by atoms with van der Waals surface area (Å²) in [6, 6.07) is 4.88. The van der Waals surface area contributed by atoms with E-state index in [0.29, 0.717) is 45.0 Å². The highest BCUT2D eigenvalue weighted by Crippen LogP contribution is 2.33. The molecule has 0 aliphatic carbocycles. The van der Waals surface area contributed by atoms with Crippen LogP contribution in [0.3, 0.4) is 0 Å². The number of aromatic nitrogens is 2. The first kappa shape index (κ1) is 24.0. The van der Waals surface area contributed by atoms with Crippen molar-refractivity contribution in [1.29, 1.82) is 0 Å². The molecule has 1 aromatic carbocycles. The van der Waals surface area contributed by atoms with Crippen LogP contribution in [-0.2, 0) is 12.7 Å². The first-order valence-corrected chi connectivity index (χ1v) is 11.2. The van der Waals surface area contributed by atoms with Crippen molar-refractivity contribution < 1.29 is 27.9 Å². The molecule has 0 radical (unpaired) electrons. The molecule has 0 spiro atoms. The van der Waals surface area contributed by atoms with Gasteiger partial charge in [0.25, 0.3) is 0 Å². The van der Waals surface area contributed by atoms with Crippen molar-refractivity contribution >= 4 is 17.7 Å². The summed E-state index contributed by atoms with van der Waals surface area (Å²) in [7, 11) is 0. The van der Waals surface area contributed by atoms with E-state index in [1.54, 1.807) is 4.90 Å². The number of halogens is 3. The second-order valence-corrected chi connectivity index (χ2v) is 8.54. The smallest absolute Gasteiger partial charge is 0.416 e. The number of rotatable bonds is 6. The van der Waals surface area contributed by atoms with Crippen LogP contribution in [0.2, 0.25) is 0 Å². The average Bonchev–Trinajstić information content (AvgIpc) is 3.50. The van der Waals surface area contributed by atoms with E-state index < -0.39 is 23.7 Å². The molecule has 3 heterocycles.